The van der Waals surface area contributed by atoms with Crippen LogP contribution in [0.1, 0.15) is 0 Å². The zero-order chi connectivity index (χ0) is 15.2. The molecule has 0 bridgehead atoms. The summed E-state index contributed by atoms with van der Waals surface area (Å²) in [4.78, 5) is 5.20. The van der Waals surface area contributed by atoms with Crippen molar-refractivity contribution in [1.82, 2.24) is 0 Å². The lowest BCUT2D eigenvalue weighted by Gasteiger charge is -2.10. The van der Waals surface area contributed by atoms with E-state index in [1.807, 2.05) is 6.07 Å². The van der Waals surface area contributed by atoms with Gasteiger partial charge in [0.1, 0.15) is 0 Å². The van der Waals surface area contributed by atoms with Gasteiger partial charge >= 0.3 is 0 Å². The molecule has 0 aliphatic heterocycles. The van der Waals surface area contributed by atoms with Gasteiger partial charge in [0.05, 0.1) is 16.3 Å². The molecule has 0 radical (unpaired) electrons. The maximum atomic E-state index is 11.3. The SMILES string of the molecule is [N-]=[N+]=Nc1c(-c2ccccc2)ccc(S(=O)O)c1N=[N+]=[N-]. The lowest BCUT2D eigenvalue weighted by atomic mass is 10.0. The van der Waals surface area contributed by atoms with Crippen LogP contribution in [0.25, 0.3) is 32.0 Å². The molecular formula is C12H8N6O2S. The van der Waals surface area contributed by atoms with E-state index < -0.39 is 11.1 Å². The zero-order valence-electron chi connectivity index (χ0n) is 10.5. The molecule has 1 unspecified atom stereocenters. The first kappa shape index (κ1) is 14.6. The third-order valence-corrected chi connectivity index (χ3v) is 3.38. The Hall–Kier alpha value is -2.83. The van der Waals surface area contributed by atoms with Crippen molar-refractivity contribution < 1.29 is 8.76 Å². The molecule has 1 atom stereocenters. The topological polar surface area (TPSA) is 135 Å². The number of hydrogen-bond acceptors (Lipinski definition) is 3. The summed E-state index contributed by atoms with van der Waals surface area (Å²) in [5.74, 6) is 0. The van der Waals surface area contributed by atoms with Crippen molar-refractivity contribution in [2.45, 2.75) is 4.90 Å². The Kier molecular flexibility index (Phi) is 4.55. The first-order chi connectivity index (χ1) is 10.2. The quantitative estimate of drug-likeness (QED) is 0.375. The van der Waals surface area contributed by atoms with Crippen molar-refractivity contribution in [1.29, 1.82) is 0 Å². The van der Waals surface area contributed by atoms with Crippen LogP contribution in [0.2, 0.25) is 0 Å². The van der Waals surface area contributed by atoms with Crippen molar-refractivity contribution in [3.05, 3.63) is 63.4 Å². The molecule has 0 heterocycles. The third kappa shape index (κ3) is 3.02. The summed E-state index contributed by atoms with van der Waals surface area (Å²) < 4.78 is 20.5. The Morgan fingerprint density at radius 3 is 2.14 bits per heavy atom. The maximum Gasteiger partial charge on any atom is 0.186 e. The van der Waals surface area contributed by atoms with E-state index in [2.05, 4.69) is 20.1 Å². The molecule has 0 saturated heterocycles. The van der Waals surface area contributed by atoms with Gasteiger partial charge in [-0.15, -0.1) is 0 Å². The molecule has 0 amide bonds. The molecule has 21 heavy (non-hydrogen) atoms. The second kappa shape index (κ2) is 6.56. The number of rotatable bonds is 4. The summed E-state index contributed by atoms with van der Waals surface area (Å²) in [6, 6.07) is 11.9. The second-order valence-electron chi connectivity index (χ2n) is 3.80. The summed E-state index contributed by atoms with van der Waals surface area (Å²) in [6.45, 7) is 0. The van der Waals surface area contributed by atoms with E-state index in [4.69, 9.17) is 11.1 Å². The van der Waals surface area contributed by atoms with Crippen LogP contribution >= 0.6 is 0 Å². The van der Waals surface area contributed by atoms with Gasteiger partial charge in [0.15, 0.2) is 11.1 Å². The fourth-order valence-corrected chi connectivity index (χ4v) is 2.33. The average molecular weight is 300 g/mol. The first-order valence-corrected chi connectivity index (χ1v) is 6.73. The molecule has 9 heteroatoms. The van der Waals surface area contributed by atoms with Crippen LogP contribution in [0.4, 0.5) is 11.4 Å². The summed E-state index contributed by atoms with van der Waals surface area (Å²) >= 11 is -2.37. The zero-order valence-corrected chi connectivity index (χ0v) is 11.3. The Morgan fingerprint density at radius 2 is 1.57 bits per heavy atom. The number of azide groups is 2. The van der Waals surface area contributed by atoms with Gasteiger partial charge in [0.2, 0.25) is 0 Å². The predicted octanol–water partition coefficient (Wildman–Crippen LogP) is 4.82. The normalized spacial score (nSPS) is 11.1. The minimum absolute atomic E-state index is 0.0152. The van der Waals surface area contributed by atoms with E-state index in [1.165, 1.54) is 6.07 Å². The van der Waals surface area contributed by atoms with E-state index in [-0.39, 0.29) is 16.3 Å². The molecule has 0 spiro atoms. The van der Waals surface area contributed by atoms with Crippen LogP contribution in [-0.4, -0.2) is 8.76 Å². The highest BCUT2D eigenvalue weighted by molar-refractivity contribution is 7.79. The molecule has 1 N–H and O–H groups in total. The fraction of sp³-hybridized carbons (Fsp3) is 0. The van der Waals surface area contributed by atoms with E-state index in [1.54, 1.807) is 30.3 Å². The lowest BCUT2D eigenvalue weighted by Crippen LogP contribution is -1.90. The maximum absolute atomic E-state index is 11.3. The lowest BCUT2D eigenvalue weighted by molar-refractivity contribution is 0.564. The number of hydrogen-bond donors (Lipinski definition) is 1. The van der Waals surface area contributed by atoms with Gasteiger partial charge in [-0.2, -0.15) is 0 Å². The van der Waals surface area contributed by atoms with Crippen LogP contribution in [0.5, 0.6) is 0 Å². The van der Waals surface area contributed by atoms with Crippen LogP contribution in [0, 0.1) is 0 Å². The van der Waals surface area contributed by atoms with E-state index >= 15 is 0 Å². The third-order valence-electron chi connectivity index (χ3n) is 2.68. The van der Waals surface area contributed by atoms with Crippen molar-refractivity contribution in [2.75, 3.05) is 0 Å². The van der Waals surface area contributed by atoms with Crippen LogP contribution in [0.3, 0.4) is 0 Å². The molecule has 0 aliphatic rings. The molecule has 0 fully saturated rings. The van der Waals surface area contributed by atoms with Gasteiger partial charge in [-0.05, 0) is 28.3 Å². The van der Waals surface area contributed by atoms with Gasteiger partial charge in [-0.25, -0.2) is 4.21 Å². The molecular weight excluding hydrogens is 292 g/mol. The van der Waals surface area contributed by atoms with Crippen LogP contribution in [-0.2, 0) is 11.1 Å². The largest absolute Gasteiger partial charge is 0.302 e. The van der Waals surface area contributed by atoms with Crippen molar-refractivity contribution in [3.8, 4) is 11.1 Å². The Labute approximate surface area is 121 Å². The number of benzene rings is 2. The Bertz CT molecular complexity index is 795. The fourth-order valence-electron chi connectivity index (χ4n) is 1.84. The Morgan fingerprint density at radius 1 is 0.952 bits per heavy atom. The van der Waals surface area contributed by atoms with Gasteiger partial charge < -0.3 is 4.55 Å². The standard InChI is InChI=1S/C12H8N6O2S/c13-17-15-11-9(8-4-2-1-3-5-8)6-7-10(21(19)20)12(11)16-18-14/h1-7H,(H,19,20). The van der Waals surface area contributed by atoms with Crippen LogP contribution < -0.4 is 0 Å². The molecule has 0 aromatic heterocycles. The monoisotopic (exact) mass is 300 g/mol. The van der Waals surface area contributed by atoms with E-state index in [0.29, 0.717) is 5.56 Å². The molecule has 0 saturated carbocycles. The first-order valence-electron chi connectivity index (χ1n) is 5.62. The molecule has 2 aromatic rings. The molecule has 104 valence electrons. The van der Waals surface area contributed by atoms with E-state index in [9.17, 15) is 8.76 Å². The van der Waals surface area contributed by atoms with Crippen molar-refractivity contribution in [2.24, 2.45) is 10.2 Å². The molecule has 0 aliphatic carbocycles. The van der Waals surface area contributed by atoms with Crippen molar-refractivity contribution in [3.63, 3.8) is 0 Å². The molecule has 2 rings (SSSR count). The molecule has 2 aromatic carbocycles. The minimum Gasteiger partial charge on any atom is -0.302 e. The van der Waals surface area contributed by atoms with Crippen molar-refractivity contribution >= 4 is 22.5 Å². The molecule has 8 nitrogen and oxygen atoms in total. The van der Waals surface area contributed by atoms with E-state index in [0.717, 1.165) is 5.56 Å². The summed E-state index contributed by atoms with van der Waals surface area (Å²) in [7, 11) is 0. The summed E-state index contributed by atoms with van der Waals surface area (Å²) in [5, 5.41) is 6.91. The predicted molar refractivity (Wildman–Crippen MR) is 78.5 cm³/mol. The van der Waals surface area contributed by atoms with Gasteiger partial charge in [-0.3, -0.25) is 0 Å². The highest BCUT2D eigenvalue weighted by Crippen LogP contribution is 2.42. The summed E-state index contributed by atoms with van der Waals surface area (Å²) in [5.41, 5.74) is 18.4. The summed E-state index contributed by atoms with van der Waals surface area (Å²) in [6.07, 6.45) is 0. The number of nitrogens with zero attached hydrogens (tertiary/aromatic N) is 6. The smallest absolute Gasteiger partial charge is 0.186 e. The van der Waals surface area contributed by atoms with Gasteiger partial charge in [-0.1, -0.05) is 46.6 Å². The Balaban J connectivity index is 2.85. The minimum atomic E-state index is -2.37. The van der Waals surface area contributed by atoms with Crippen LogP contribution in [0.15, 0.2) is 57.6 Å². The van der Waals surface area contributed by atoms with Gasteiger partial charge in [0, 0.05) is 9.82 Å². The highest BCUT2D eigenvalue weighted by Gasteiger charge is 2.15. The second-order valence-corrected chi connectivity index (χ2v) is 4.74. The average Bonchev–Trinajstić information content (AvgIpc) is 2.49. The highest BCUT2D eigenvalue weighted by atomic mass is 32.2. The van der Waals surface area contributed by atoms with Gasteiger partial charge in [0.25, 0.3) is 0 Å².